The molecule has 0 fully saturated rings. The highest BCUT2D eigenvalue weighted by molar-refractivity contribution is 5.77. The van der Waals surface area contributed by atoms with Crippen LogP contribution in [0.3, 0.4) is 0 Å². The van der Waals surface area contributed by atoms with Crippen molar-refractivity contribution in [1.82, 2.24) is 4.98 Å². The van der Waals surface area contributed by atoms with Crippen LogP contribution in [0.1, 0.15) is 11.1 Å². The van der Waals surface area contributed by atoms with Gasteiger partial charge in [-0.2, -0.15) is 4.98 Å². The number of aryl methyl sites for hydroxylation is 2. The molecular weight excluding hydrogens is 254 g/mol. The number of aromatic hydroxyl groups is 1. The van der Waals surface area contributed by atoms with Gasteiger partial charge >= 0.3 is 0 Å². The molecule has 0 spiro atoms. The van der Waals surface area contributed by atoms with Crippen LogP contribution in [0.25, 0.3) is 22.4 Å². The number of benzene rings is 2. The van der Waals surface area contributed by atoms with E-state index in [9.17, 15) is 9.90 Å². The van der Waals surface area contributed by atoms with E-state index in [1.807, 2.05) is 13.0 Å². The van der Waals surface area contributed by atoms with Crippen LogP contribution in [0.5, 0.6) is 5.75 Å². The Labute approximate surface area is 115 Å². The summed E-state index contributed by atoms with van der Waals surface area (Å²) < 4.78 is 5.69. The molecule has 0 aliphatic heterocycles. The molecule has 100 valence electrons. The fourth-order valence-electron chi connectivity index (χ4n) is 2.09. The van der Waals surface area contributed by atoms with E-state index in [2.05, 4.69) is 4.98 Å². The van der Waals surface area contributed by atoms with E-state index >= 15 is 0 Å². The fraction of sp³-hybridized carbons (Fsp3) is 0.125. The predicted molar refractivity (Wildman–Crippen MR) is 76.9 cm³/mol. The molecule has 0 atom stereocenters. The first kappa shape index (κ1) is 12.4. The first-order valence-electron chi connectivity index (χ1n) is 6.26. The summed E-state index contributed by atoms with van der Waals surface area (Å²) in [5.41, 5.74) is 2.56. The van der Waals surface area contributed by atoms with E-state index in [4.69, 9.17) is 4.42 Å². The van der Waals surface area contributed by atoms with Crippen molar-refractivity contribution in [3.8, 4) is 17.2 Å². The molecule has 4 heteroatoms. The minimum atomic E-state index is -0.310. The summed E-state index contributed by atoms with van der Waals surface area (Å²) in [6.07, 6.45) is 0. The van der Waals surface area contributed by atoms with E-state index in [1.165, 1.54) is 0 Å². The van der Waals surface area contributed by atoms with Gasteiger partial charge < -0.3 is 9.52 Å². The van der Waals surface area contributed by atoms with Crippen molar-refractivity contribution >= 4 is 11.0 Å². The van der Waals surface area contributed by atoms with Gasteiger partial charge in [0.1, 0.15) is 11.3 Å². The summed E-state index contributed by atoms with van der Waals surface area (Å²) in [4.78, 5) is 16.0. The maximum absolute atomic E-state index is 12.1. The second kappa shape index (κ2) is 4.49. The second-order valence-corrected chi connectivity index (χ2v) is 4.83. The first-order chi connectivity index (χ1) is 9.54. The van der Waals surface area contributed by atoms with E-state index < -0.39 is 0 Å². The van der Waals surface area contributed by atoms with Crippen molar-refractivity contribution in [2.75, 3.05) is 0 Å². The van der Waals surface area contributed by atoms with Crippen LogP contribution in [0.15, 0.2) is 45.6 Å². The third-order valence-corrected chi connectivity index (χ3v) is 3.22. The molecule has 0 amide bonds. The third-order valence-electron chi connectivity index (χ3n) is 3.22. The Balaban J connectivity index is 2.24. The highest BCUT2D eigenvalue weighted by atomic mass is 16.3. The third kappa shape index (κ3) is 2.05. The summed E-state index contributed by atoms with van der Waals surface area (Å²) in [7, 11) is 0. The fourth-order valence-corrected chi connectivity index (χ4v) is 2.09. The van der Waals surface area contributed by atoms with Crippen molar-refractivity contribution in [3.63, 3.8) is 0 Å². The average Bonchev–Trinajstić information content (AvgIpc) is 2.42. The zero-order valence-corrected chi connectivity index (χ0v) is 11.2. The van der Waals surface area contributed by atoms with Crippen molar-refractivity contribution in [2.24, 2.45) is 0 Å². The summed E-state index contributed by atoms with van der Waals surface area (Å²) in [5.74, 6) is 0.460. The molecule has 1 heterocycles. The number of phenols is 1. The van der Waals surface area contributed by atoms with E-state index in [1.54, 1.807) is 37.3 Å². The molecule has 0 radical (unpaired) electrons. The molecule has 0 saturated carbocycles. The van der Waals surface area contributed by atoms with Gasteiger partial charge in [-0.1, -0.05) is 11.6 Å². The number of fused-ring (bicyclic) bond motifs is 1. The minimum Gasteiger partial charge on any atom is -0.508 e. The van der Waals surface area contributed by atoms with Crippen molar-refractivity contribution in [2.45, 2.75) is 13.8 Å². The number of phenolic OH excluding ortho intramolecular Hbond substituents is 1. The average molecular weight is 267 g/mol. The maximum atomic E-state index is 12.1. The number of hydrogen-bond acceptors (Lipinski definition) is 4. The lowest BCUT2D eigenvalue weighted by Crippen LogP contribution is -2.07. The Hall–Kier alpha value is -2.62. The zero-order chi connectivity index (χ0) is 14.3. The smallest absolute Gasteiger partial charge is 0.284 e. The van der Waals surface area contributed by atoms with E-state index in [-0.39, 0.29) is 17.2 Å². The lowest BCUT2D eigenvalue weighted by atomic mass is 10.1. The van der Waals surface area contributed by atoms with Crippen LogP contribution in [0, 0.1) is 13.8 Å². The predicted octanol–water partition coefficient (Wildman–Crippen LogP) is 3.18. The number of aromatic nitrogens is 1. The number of rotatable bonds is 1. The molecule has 3 rings (SSSR count). The Morgan fingerprint density at radius 1 is 1.10 bits per heavy atom. The molecule has 4 nitrogen and oxygen atoms in total. The quantitative estimate of drug-likeness (QED) is 0.735. The molecule has 1 N–H and O–H groups in total. The van der Waals surface area contributed by atoms with Crippen LogP contribution in [-0.4, -0.2) is 10.1 Å². The lowest BCUT2D eigenvalue weighted by molar-refractivity contribution is 0.471. The monoisotopic (exact) mass is 267 g/mol. The van der Waals surface area contributed by atoms with Crippen LogP contribution in [-0.2, 0) is 0 Å². The number of nitrogens with zero attached hydrogens (tertiary/aromatic N) is 1. The van der Waals surface area contributed by atoms with Gasteiger partial charge in [-0.15, -0.1) is 0 Å². The Morgan fingerprint density at radius 2 is 1.90 bits per heavy atom. The Morgan fingerprint density at radius 3 is 2.65 bits per heavy atom. The number of hydrogen-bond donors (Lipinski definition) is 1. The summed E-state index contributed by atoms with van der Waals surface area (Å²) in [6.45, 7) is 3.69. The van der Waals surface area contributed by atoms with Crippen LogP contribution in [0.4, 0.5) is 0 Å². The standard InChI is InChI=1S/C16H13NO3/c1-9-3-6-14-12(7-9)15(19)17-16(20-14)11-4-5-13(18)10(2)8-11/h3-8,18H,1-2H3. The van der Waals surface area contributed by atoms with Gasteiger partial charge in [-0.05, 0) is 49.7 Å². The normalized spacial score (nSPS) is 10.9. The van der Waals surface area contributed by atoms with Gasteiger partial charge in [0.15, 0.2) is 0 Å². The van der Waals surface area contributed by atoms with Crippen molar-refractivity contribution < 1.29 is 9.52 Å². The summed E-state index contributed by atoms with van der Waals surface area (Å²) in [5, 5.41) is 10.0. The first-order valence-corrected chi connectivity index (χ1v) is 6.26. The van der Waals surface area contributed by atoms with Gasteiger partial charge in [0.05, 0.1) is 5.39 Å². The van der Waals surface area contributed by atoms with Gasteiger partial charge in [-0.25, -0.2) is 0 Å². The van der Waals surface area contributed by atoms with E-state index in [0.717, 1.165) is 5.56 Å². The zero-order valence-electron chi connectivity index (χ0n) is 11.2. The largest absolute Gasteiger partial charge is 0.508 e. The molecule has 0 bridgehead atoms. The van der Waals surface area contributed by atoms with Gasteiger partial charge in [0, 0.05) is 5.56 Å². The summed E-state index contributed by atoms with van der Waals surface area (Å²) in [6, 6.07) is 10.4. The molecule has 0 unspecified atom stereocenters. The molecule has 20 heavy (non-hydrogen) atoms. The molecule has 0 aliphatic rings. The maximum Gasteiger partial charge on any atom is 0.284 e. The topological polar surface area (TPSA) is 63.3 Å². The molecule has 0 saturated heterocycles. The SMILES string of the molecule is Cc1ccc2oc(-c3ccc(O)c(C)c3)nc(=O)c2c1. The van der Waals surface area contributed by atoms with Gasteiger partial charge in [0.25, 0.3) is 5.56 Å². The highest BCUT2D eigenvalue weighted by Crippen LogP contribution is 2.25. The Bertz CT molecular complexity index is 865. The molecule has 2 aromatic carbocycles. The van der Waals surface area contributed by atoms with Crippen LogP contribution in [0.2, 0.25) is 0 Å². The molecule has 0 aliphatic carbocycles. The van der Waals surface area contributed by atoms with Gasteiger partial charge in [0.2, 0.25) is 5.89 Å². The molecule has 1 aromatic heterocycles. The Kier molecular flexibility index (Phi) is 2.79. The highest BCUT2D eigenvalue weighted by Gasteiger charge is 2.09. The summed E-state index contributed by atoms with van der Waals surface area (Å²) >= 11 is 0. The molecular formula is C16H13NO3. The molecule has 3 aromatic rings. The van der Waals surface area contributed by atoms with Crippen LogP contribution >= 0.6 is 0 Å². The second-order valence-electron chi connectivity index (χ2n) is 4.83. The lowest BCUT2D eigenvalue weighted by Gasteiger charge is -2.04. The minimum absolute atomic E-state index is 0.201. The van der Waals surface area contributed by atoms with Crippen LogP contribution < -0.4 is 5.56 Å². The van der Waals surface area contributed by atoms with Crippen molar-refractivity contribution in [3.05, 3.63) is 57.9 Å². The van der Waals surface area contributed by atoms with Crippen molar-refractivity contribution in [1.29, 1.82) is 0 Å². The van der Waals surface area contributed by atoms with E-state index in [0.29, 0.717) is 22.1 Å². The van der Waals surface area contributed by atoms with Gasteiger partial charge in [-0.3, -0.25) is 4.79 Å².